The van der Waals surface area contributed by atoms with E-state index in [1.165, 1.54) is 6.42 Å². The van der Waals surface area contributed by atoms with Crippen molar-refractivity contribution in [2.75, 3.05) is 0 Å². The molecular formula is C11H16O2. The van der Waals surface area contributed by atoms with Crippen molar-refractivity contribution < 1.29 is 9.59 Å². The lowest BCUT2D eigenvalue weighted by Crippen LogP contribution is -2.11. The lowest BCUT2D eigenvalue weighted by molar-refractivity contribution is -0.123. The third-order valence-electron chi connectivity index (χ3n) is 2.49. The predicted octanol–water partition coefficient (Wildman–Crippen LogP) is 2.28. The molecule has 1 rings (SSSR count). The van der Waals surface area contributed by atoms with Crippen LogP contribution >= 0.6 is 0 Å². The molecule has 1 unspecified atom stereocenters. The Kier molecular flexibility index (Phi) is 3.87. The van der Waals surface area contributed by atoms with Gasteiger partial charge in [-0.3, -0.25) is 4.79 Å². The number of hydrogen-bond acceptors (Lipinski definition) is 2. The van der Waals surface area contributed by atoms with E-state index >= 15 is 0 Å². The molecule has 1 atom stereocenters. The van der Waals surface area contributed by atoms with Gasteiger partial charge in [-0.15, -0.1) is 0 Å². The topological polar surface area (TPSA) is 34.1 Å². The van der Waals surface area contributed by atoms with Crippen LogP contribution in [0, 0.1) is 5.92 Å². The summed E-state index contributed by atoms with van der Waals surface area (Å²) in [6.07, 6.45) is 7.58. The highest BCUT2D eigenvalue weighted by Crippen LogP contribution is 2.23. The molecule has 0 saturated heterocycles. The fraction of sp³-hybridized carbons (Fsp3) is 0.636. The van der Waals surface area contributed by atoms with Gasteiger partial charge >= 0.3 is 0 Å². The van der Waals surface area contributed by atoms with Crippen LogP contribution in [-0.4, -0.2) is 12.1 Å². The smallest absolute Gasteiger partial charge is 0.168 e. The summed E-state index contributed by atoms with van der Waals surface area (Å²) in [4.78, 5) is 21.9. The third kappa shape index (κ3) is 2.51. The van der Waals surface area contributed by atoms with E-state index in [0.29, 0.717) is 6.42 Å². The third-order valence-corrected chi connectivity index (χ3v) is 2.49. The Morgan fingerprint density at radius 1 is 1.54 bits per heavy atom. The zero-order chi connectivity index (χ0) is 9.68. The van der Waals surface area contributed by atoms with Crippen LogP contribution in [0.3, 0.4) is 0 Å². The van der Waals surface area contributed by atoms with Gasteiger partial charge in [-0.1, -0.05) is 25.8 Å². The maximum absolute atomic E-state index is 11.4. The fourth-order valence-electron chi connectivity index (χ4n) is 1.62. The predicted molar refractivity (Wildman–Crippen MR) is 51.4 cm³/mol. The van der Waals surface area contributed by atoms with Gasteiger partial charge in [0.1, 0.15) is 6.29 Å². The van der Waals surface area contributed by atoms with E-state index in [0.717, 1.165) is 31.1 Å². The number of carbonyl (C=O) groups is 2. The van der Waals surface area contributed by atoms with Gasteiger partial charge in [-0.25, -0.2) is 0 Å². The molecule has 0 fully saturated rings. The van der Waals surface area contributed by atoms with E-state index in [1.807, 2.05) is 6.08 Å². The first-order chi connectivity index (χ1) is 6.29. The van der Waals surface area contributed by atoms with Crippen molar-refractivity contribution in [3.05, 3.63) is 11.6 Å². The van der Waals surface area contributed by atoms with Crippen LogP contribution in [0.1, 0.15) is 39.0 Å². The monoisotopic (exact) mass is 180 g/mol. The van der Waals surface area contributed by atoms with Crippen LogP contribution in [0.5, 0.6) is 0 Å². The van der Waals surface area contributed by atoms with Crippen molar-refractivity contribution in [3.63, 3.8) is 0 Å². The summed E-state index contributed by atoms with van der Waals surface area (Å²) in [6, 6.07) is 0. The Balaban J connectivity index is 2.36. The summed E-state index contributed by atoms with van der Waals surface area (Å²) in [5, 5.41) is 0. The van der Waals surface area contributed by atoms with Crippen LogP contribution in [0.25, 0.3) is 0 Å². The molecule has 72 valence electrons. The van der Waals surface area contributed by atoms with Crippen molar-refractivity contribution in [1.29, 1.82) is 0 Å². The first kappa shape index (κ1) is 10.2. The van der Waals surface area contributed by atoms with Crippen molar-refractivity contribution >= 4 is 12.1 Å². The number of hydrogen-bond donors (Lipinski definition) is 0. The van der Waals surface area contributed by atoms with Crippen molar-refractivity contribution in [1.82, 2.24) is 0 Å². The highest BCUT2D eigenvalue weighted by atomic mass is 16.1. The number of allylic oxidation sites excluding steroid dienone is 2. The highest BCUT2D eigenvalue weighted by molar-refractivity contribution is 6.06. The van der Waals surface area contributed by atoms with E-state index in [-0.39, 0.29) is 11.7 Å². The second kappa shape index (κ2) is 4.95. The van der Waals surface area contributed by atoms with Gasteiger partial charge < -0.3 is 4.79 Å². The molecule has 0 N–H and O–H groups in total. The number of unbranched alkanes of at least 4 members (excludes halogenated alkanes) is 2. The fourth-order valence-corrected chi connectivity index (χ4v) is 1.62. The van der Waals surface area contributed by atoms with Crippen LogP contribution in [0.15, 0.2) is 11.6 Å². The summed E-state index contributed by atoms with van der Waals surface area (Å²) in [5.74, 6) is -0.303. The summed E-state index contributed by atoms with van der Waals surface area (Å²) < 4.78 is 0. The summed E-state index contributed by atoms with van der Waals surface area (Å²) in [5.41, 5.74) is 0.880. The van der Waals surface area contributed by atoms with Crippen molar-refractivity contribution in [2.45, 2.75) is 39.0 Å². The normalized spacial score (nSPS) is 21.8. The molecule has 0 radical (unpaired) electrons. The van der Waals surface area contributed by atoms with Crippen molar-refractivity contribution in [3.8, 4) is 0 Å². The Morgan fingerprint density at radius 2 is 2.31 bits per heavy atom. The average Bonchev–Trinajstić information content (AvgIpc) is 2.48. The highest BCUT2D eigenvalue weighted by Gasteiger charge is 2.25. The molecule has 0 saturated carbocycles. The second-order valence-corrected chi connectivity index (χ2v) is 3.53. The first-order valence-electron chi connectivity index (χ1n) is 4.98. The van der Waals surface area contributed by atoms with Crippen LogP contribution in [0.4, 0.5) is 0 Å². The molecule has 0 bridgehead atoms. The quantitative estimate of drug-likeness (QED) is 0.369. The molecule has 2 nitrogen and oxygen atoms in total. The van der Waals surface area contributed by atoms with Gasteiger partial charge in [0.15, 0.2) is 5.78 Å². The molecule has 0 aromatic rings. The molecule has 0 heterocycles. The summed E-state index contributed by atoms with van der Waals surface area (Å²) in [6.45, 7) is 2.14. The largest absolute Gasteiger partial charge is 0.303 e. The van der Waals surface area contributed by atoms with E-state index in [9.17, 15) is 9.59 Å². The zero-order valence-corrected chi connectivity index (χ0v) is 8.08. The van der Waals surface area contributed by atoms with Crippen molar-refractivity contribution in [2.24, 2.45) is 5.92 Å². The molecule has 2 heteroatoms. The molecule has 1 aliphatic carbocycles. The molecule has 1 aliphatic rings. The standard InChI is InChI=1S/C11H16O2/c1-2-3-4-5-9-6-7-10(8-12)11(9)13/h6,8,10H,2-5,7H2,1H3. The van der Waals surface area contributed by atoms with Gasteiger partial charge in [-0.2, -0.15) is 0 Å². The number of aldehydes is 1. The maximum Gasteiger partial charge on any atom is 0.168 e. The number of Topliss-reactive ketones (excluding diaryl/α,β-unsaturated/α-hetero) is 1. The Labute approximate surface area is 79.0 Å². The average molecular weight is 180 g/mol. The van der Waals surface area contributed by atoms with Gasteiger partial charge in [0.05, 0.1) is 5.92 Å². The summed E-state index contributed by atoms with van der Waals surface area (Å²) >= 11 is 0. The van der Waals surface area contributed by atoms with Gasteiger partial charge in [-0.05, 0) is 24.8 Å². The lowest BCUT2D eigenvalue weighted by atomic mass is 10.0. The Morgan fingerprint density at radius 3 is 2.85 bits per heavy atom. The first-order valence-corrected chi connectivity index (χ1v) is 4.98. The van der Waals surface area contributed by atoms with Gasteiger partial charge in [0.25, 0.3) is 0 Å². The van der Waals surface area contributed by atoms with Crippen LogP contribution < -0.4 is 0 Å². The lowest BCUT2D eigenvalue weighted by Gasteiger charge is -2.01. The van der Waals surface area contributed by atoms with Gasteiger partial charge in [0.2, 0.25) is 0 Å². The Bertz CT molecular complexity index is 228. The Hall–Kier alpha value is -0.920. The number of rotatable bonds is 5. The second-order valence-electron chi connectivity index (χ2n) is 3.53. The van der Waals surface area contributed by atoms with Crippen LogP contribution in [0.2, 0.25) is 0 Å². The SMILES string of the molecule is CCCCCC1=CCC(C=O)C1=O. The molecule has 0 aromatic heterocycles. The molecule has 0 amide bonds. The van der Waals surface area contributed by atoms with E-state index < -0.39 is 0 Å². The maximum atomic E-state index is 11.4. The van der Waals surface area contributed by atoms with Gasteiger partial charge in [0, 0.05) is 0 Å². The van der Waals surface area contributed by atoms with Crippen LogP contribution in [-0.2, 0) is 9.59 Å². The van der Waals surface area contributed by atoms with E-state index in [2.05, 4.69) is 6.92 Å². The molecule has 13 heavy (non-hydrogen) atoms. The van der Waals surface area contributed by atoms with E-state index in [1.54, 1.807) is 0 Å². The minimum atomic E-state index is -0.364. The molecular weight excluding hydrogens is 164 g/mol. The molecule has 0 spiro atoms. The minimum Gasteiger partial charge on any atom is -0.303 e. The zero-order valence-electron chi connectivity index (χ0n) is 8.08. The molecule has 0 aliphatic heterocycles. The minimum absolute atomic E-state index is 0.0612. The van der Waals surface area contributed by atoms with E-state index in [4.69, 9.17) is 0 Å². The molecule has 0 aromatic carbocycles. The number of carbonyl (C=O) groups excluding carboxylic acids is 2. The number of ketones is 1. The summed E-state index contributed by atoms with van der Waals surface area (Å²) in [7, 11) is 0.